The van der Waals surface area contributed by atoms with Gasteiger partial charge in [-0.25, -0.2) is 4.39 Å². The Kier molecular flexibility index (Phi) is 6.81. The van der Waals surface area contributed by atoms with E-state index >= 15 is 0 Å². The fraction of sp³-hybridized carbons (Fsp3) is 0.280. The maximum absolute atomic E-state index is 14.6. The Balaban J connectivity index is 1.56. The lowest BCUT2D eigenvalue weighted by Gasteiger charge is -2.33. The summed E-state index contributed by atoms with van der Waals surface area (Å²) in [6.45, 7) is 4.95. The van der Waals surface area contributed by atoms with Gasteiger partial charge in [-0.2, -0.15) is 5.10 Å². The Hall–Kier alpha value is -4.21. The molecule has 9 nitrogen and oxygen atoms in total. The number of piperazine rings is 1. The summed E-state index contributed by atoms with van der Waals surface area (Å²) >= 11 is 0. The zero-order valence-electron chi connectivity index (χ0n) is 20.1. The van der Waals surface area contributed by atoms with E-state index in [1.165, 1.54) is 19.4 Å². The number of likely N-dealkylation sites (N-methyl/N-ethyl adjacent to an activating group) is 1. The molecule has 0 saturated carbocycles. The highest BCUT2D eigenvalue weighted by Gasteiger charge is 2.22. The van der Waals surface area contributed by atoms with Crippen molar-refractivity contribution in [3.8, 4) is 0 Å². The number of amides is 2. The molecule has 0 spiro atoms. The molecule has 0 atom stereocenters. The second-order valence-electron chi connectivity index (χ2n) is 8.20. The van der Waals surface area contributed by atoms with Crippen molar-refractivity contribution < 1.29 is 18.7 Å². The maximum Gasteiger partial charge on any atom is 0.256 e. The largest absolute Gasteiger partial charge is 0.501 e. The molecule has 4 rings (SSSR count). The van der Waals surface area contributed by atoms with Gasteiger partial charge in [0, 0.05) is 36.8 Å². The first-order valence-electron chi connectivity index (χ1n) is 11.1. The van der Waals surface area contributed by atoms with E-state index in [1.54, 1.807) is 44.0 Å². The number of ether oxygens (including phenoxy) is 1. The number of fused-ring (bicyclic) bond motifs is 1. The summed E-state index contributed by atoms with van der Waals surface area (Å²) in [5, 5.41) is 10.4. The van der Waals surface area contributed by atoms with Crippen molar-refractivity contribution in [1.29, 1.82) is 0 Å². The first kappa shape index (κ1) is 23.9. The summed E-state index contributed by atoms with van der Waals surface area (Å²) in [4.78, 5) is 32.9. The number of nitrogens with zero attached hydrogens (tertiary/aromatic N) is 4. The smallest absolute Gasteiger partial charge is 0.256 e. The molecule has 3 heterocycles. The van der Waals surface area contributed by atoms with Crippen molar-refractivity contribution in [2.75, 3.05) is 44.0 Å². The average molecular weight is 479 g/mol. The second-order valence-corrected chi connectivity index (χ2v) is 8.20. The number of anilines is 2. The lowest BCUT2D eigenvalue weighted by molar-refractivity contribution is -0.129. The molecule has 0 unspecified atom stereocenters. The molecule has 1 aromatic carbocycles. The number of benzene rings is 1. The van der Waals surface area contributed by atoms with Crippen LogP contribution in [0.1, 0.15) is 29.9 Å². The summed E-state index contributed by atoms with van der Waals surface area (Å²) in [7, 11) is 3.25. The third kappa shape index (κ3) is 4.86. The van der Waals surface area contributed by atoms with Gasteiger partial charge in [-0.05, 0) is 44.2 Å². The van der Waals surface area contributed by atoms with Crippen molar-refractivity contribution in [3.63, 3.8) is 0 Å². The second kappa shape index (κ2) is 9.96. The first-order chi connectivity index (χ1) is 16.8. The third-order valence-electron chi connectivity index (χ3n) is 6.04. The molecule has 2 N–H and O–H groups in total. The molecule has 182 valence electrons. The van der Waals surface area contributed by atoms with Crippen LogP contribution in [0.5, 0.6) is 0 Å². The first-order valence-corrected chi connectivity index (χ1v) is 11.1. The predicted molar refractivity (Wildman–Crippen MR) is 133 cm³/mol. The van der Waals surface area contributed by atoms with E-state index in [9.17, 15) is 14.0 Å². The number of hydrogen-bond acceptors (Lipinski definition) is 6. The molecule has 3 aromatic rings. The standard InChI is InChI=1S/C25H27FN6O3/c1-5-19(26)23(15(2)35-4)20-12-18-21(13-27-20)29-30-24(18)28-25(34)16-6-8-17(9-7-16)32-11-10-31(3)22(33)14-32/h5-9,12-13H,10-11,14H2,1-4H3,(H2,28,29,30,34)/b19-5+,23-15-. The van der Waals surface area contributed by atoms with Crippen LogP contribution >= 0.6 is 0 Å². The van der Waals surface area contributed by atoms with Gasteiger partial charge in [-0.3, -0.25) is 19.7 Å². The average Bonchev–Trinajstić information content (AvgIpc) is 3.27. The number of rotatable bonds is 6. The molecular weight excluding hydrogens is 451 g/mol. The molecule has 10 heteroatoms. The van der Waals surface area contributed by atoms with Crippen LogP contribution in [0.15, 0.2) is 54.2 Å². The summed E-state index contributed by atoms with van der Waals surface area (Å²) in [5.74, 6) is -0.0691. The number of pyridine rings is 1. The van der Waals surface area contributed by atoms with Crippen molar-refractivity contribution in [3.05, 3.63) is 65.4 Å². The number of halogens is 1. The summed E-state index contributed by atoms with van der Waals surface area (Å²) in [6, 6.07) is 8.72. The number of carbonyl (C=O) groups excluding carboxylic acids is 2. The van der Waals surface area contributed by atoms with Crippen molar-refractivity contribution in [1.82, 2.24) is 20.1 Å². The molecule has 1 saturated heterocycles. The summed E-state index contributed by atoms with van der Waals surface area (Å²) < 4.78 is 19.8. The monoisotopic (exact) mass is 478 g/mol. The fourth-order valence-electron chi connectivity index (χ4n) is 3.85. The van der Waals surface area contributed by atoms with Crippen LogP contribution in [0.4, 0.5) is 15.9 Å². The minimum Gasteiger partial charge on any atom is -0.501 e. The topological polar surface area (TPSA) is 103 Å². The number of nitrogens with one attached hydrogen (secondary N) is 2. The minimum absolute atomic E-state index is 0.0605. The molecule has 1 fully saturated rings. The molecule has 0 radical (unpaired) electrons. The third-order valence-corrected chi connectivity index (χ3v) is 6.04. The number of aromatic amines is 1. The van der Waals surface area contributed by atoms with E-state index in [0.29, 0.717) is 46.8 Å². The lowest BCUT2D eigenvalue weighted by atomic mass is 10.1. The lowest BCUT2D eigenvalue weighted by Crippen LogP contribution is -2.48. The van der Waals surface area contributed by atoms with Gasteiger partial charge in [0.2, 0.25) is 5.91 Å². The van der Waals surface area contributed by atoms with Crippen LogP contribution < -0.4 is 10.2 Å². The highest BCUT2D eigenvalue weighted by molar-refractivity contribution is 6.08. The number of hydrogen-bond donors (Lipinski definition) is 2. The van der Waals surface area contributed by atoms with Crippen LogP contribution in [0.25, 0.3) is 16.5 Å². The van der Waals surface area contributed by atoms with Crippen LogP contribution in [0.3, 0.4) is 0 Å². The Bertz CT molecular complexity index is 1330. The fourth-order valence-corrected chi connectivity index (χ4v) is 3.85. The van der Waals surface area contributed by atoms with Crippen molar-refractivity contribution in [2.24, 2.45) is 0 Å². The molecule has 35 heavy (non-hydrogen) atoms. The number of H-pyrrole nitrogens is 1. The predicted octanol–water partition coefficient (Wildman–Crippen LogP) is 3.74. The molecule has 1 aliphatic rings. The van der Waals surface area contributed by atoms with Crippen molar-refractivity contribution >= 4 is 39.8 Å². The Labute approximate surface area is 202 Å². The molecule has 0 bridgehead atoms. The van der Waals surface area contributed by atoms with Gasteiger partial charge < -0.3 is 19.9 Å². The SMILES string of the molecule is C/C=C(F)\C(=C(/C)OC)c1cc2c(NC(=O)c3ccc(N4CCN(C)C(=O)C4)cc3)n[nH]c2cn1. The highest BCUT2D eigenvalue weighted by atomic mass is 19.1. The van der Waals surface area contributed by atoms with Gasteiger partial charge in [-0.1, -0.05) is 6.08 Å². The highest BCUT2D eigenvalue weighted by Crippen LogP contribution is 2.30. The van der Waals surface area contributed by atoms with E-state index in [1.807, 2.05) is 17.0 Å². The van der Waals surface area contributed by atoms with Crippen LogP contribution in [0.2, 0.25) is 0 Å². The van der Waals surface area contributed by atoms with Gasteiger partial charge in [0.25, 0.3) is 5.91 Å². The molecule has 2 aromatic heterocycles. The maximum atomic E-state index is 14.6. The van der Waals surface area contributed by atoms with Crippen molar-refractivity contribution in [2.45, 2.75) is 13.8 Å². The van der Waals surface area contributed by atoms with E-state index in [-0.39, 0.29) is 17.4 Å². The van der Waals surface area contributed by atoms with Gasteiger partial charge in [0.05, 0.1) is 36.6 Å². The summed E-state index contributed by atoms with van der Waals surface area (Å²) in [5.41, 5.74) is 2.50. The number of methoxy groups -OCH3 is 1. The van der Waals surface area contributed by atoms with Gasteiger partial charge in [0.1, 0.15) is 11.6 Å². The van der Waals surface area contributed by atoms with Gasteiger partial charge in [0.15, 0.2) is 5.82 Å². The normalized spacial score (nSPS) is 15.3. The Morgan fingerprint density at radius 2 is 2.00 bits per heavy atom. The van der Waals surface area contributed by atoms with E-state index in [4.69, 9.17) is 4.74 Å². The number of carbonyl (C=O) groups is 2. The Morgan fingerprint density at radius 1 is 1.26 bits per heavy atom. The molecule has 2 amide bonds. The van der Waals surface area contributed by atoms with E-state index in [2.05, 4.69) is 20.5 Å². The van der Waals surface area contributed by atoms with Crippen LogP contribution in [-0.2, 0) is 9.53 Å². The zero-order chi connectivity index (χ0) is 25.1. The van der Waals surface area contributed by atoms with Crippen LogP contribution in [0, 0.1) is 0 Å². The summed E-state index contributed by atoms with van der Waals surface area (Å²) in [6.07, 6.45) is 2.87. The van der Waals surface area contributed by atoms with E-state index < -0.39 is 5.83 Å². The Morgan fingerprint density at radius 3 is 2.66 bits per heavy atom. The number of aromatic nitrogens is 3. The zero-order valence-corrected chi connectivity index (χ0v) is 20.1. The quantitative estimate of drug-likeness (QED) is 0.413. The van der Waals surface area contributed by atoms with Crippen LogP contribution in [-0.4, -0.2) is 65.7 Å². The minimum atomic E-state index is -0.465. The number of allylic oxidation sites excluding steroid dienone is 4. The van der Waals surface area contributed by atoms with Gasteiger partial charge in [-0.15, -0.1) is 0 Å². The molecule has 0 aliphatic carbocycles. The molecular formula is C25H27FN6O3. The molecule has 1 aliphatic heterocycles. The van der Waals surface area contributed by atoms with E-state index in [0.717, 1.165) is 12.2 Å². The van der Waals surface area contributed by atoms with Gasteiger partial charge >= 0.3 is 0 Å².